The van der Waals surface area contributed by atoms with Gasteiger partial charge in [-0.25, -0.2) is 0 Å². The topological polar surface area (TPSA) is 73.6 Å². The highest BCUT2D eigenvalue weighted by molar-refractivity contribution is 6.33. The number of ether oxygens (including phenoxy) is 2. The van der Waals surface area contributed by atoms with Crippen LogP contribution in [0.3, 0.4) is 0 Å². The number of hydrogen-bond acceptors (Lipinski definition) is 4. The van der Waals surface area contributed by atoms with Gasteiger partial charge in [0, 0.05) is 24.1 Å². The molecule has 2 fully saturated rings. The van der Waals surface area contributed by atoms with E-state index >= 15 is 0 Å². The van der Waals surface area contributed by atoms with Gasteiger partial charge in [-0.05, 0) is 32.3 Å². The molecule has 2 aliphatic rings. The Hall–Kier alpha value is -1.17. The molecule has 140 valence electrons. The van der Waals surface area contributed by atoms with Crippen molar-refractivity contribution in [1.29, 1.82) is 0 Å². The maximum Gasteiger partial charge on any atom is 0.255 e. The summed E-state index contributed by atoms with van der Waals surface area (Å²) in [7, 11) is 1.52. The zero-order chi connectivity index (χ0) is 17.3. The summed E-state index contributed by atoms with van der Waals surface area (Å²) in [6.45, 7) is 2.74. The van der Waals surface area contributed by atoms with Crippen LogP contribution in [0.1, 0.15) is 49.4 Å². The maximum atomic E-state index is 12.8. The van der Waals surface area contributed by atoms with Gasteiger partial charge in [-0.1, -0.05) is 24.4 Å². The second-order valence-electron chi connectivity index (χ2n) is 6.72. The van der Waals surface area contributed by atoms with Gasteiger partial charge in [-0.15, -0.1) is 12.4 Å². The molecular formula is C18H26Cl2N2O3. The third-order valence-electron chi connectivity index (χ3n) is 5.56. The first-order valence-electron chi connectivity index (χ1n) is 8.57. The average molecular weight is 389 g/mol. The van der Waals surface area contributed by atoms with Gasteiger partial charge >= 0.3 is 0 Å². The molecule has 2 unspecified atom stereocenters. The van der Waals surface area contributed by atoms with E-state index < -0.39 is 0 Å². The molecule has 2 aliphatic carbocycles. The number of carbonyl (C=O) groups excluding carboxylic acids is 1. The van der Waals surface area contributed by atoms with E-state index in [2.05, 4.69) is 5.32 Å². The van der Waals surface area contributed by atoms with Crippen molar-refractivity contribution in [3.05, 3.63) is 22.7 Å². The van der Waals surface area contributed by atoms with Crippen molar-refractivity contribution in [3.63, 3.8) is 0 Å². The van der Waals surface area contributed by atoms with Crippen LogP contribution in [0.15, 0.2) is 12.1 Å². The van der Waals surface area contributed by atoms with E-state index in [1.165, 1.54) is 20.0 Å². The van der Waals surface area contributed by atoms with E-state index in [0.717, 1.165) is 19.3 Å². The number of nitrogens with one attached hydrogen (secondary N) is 1. The van der Waals surface area contributed by atoms with Crippen LogP contribution in [-0.4, -0.2) is 31.8 Å². The molecule has 5 nitrogen and oxygen atoms in total. The van der Waals surface area contributed by atoms with Crippen molar-refractivity contribution < 1.29 is 14.3 Å². The monoisotopic (exact) mass is 388 g/mol. The van der Waals surface area contributed by atoms with Gasteiger partial charge in [0.05, 0.1) is 29.5 Å². The Morgan fingerprint density at radius 2 is 2.08 bits per heavy atom. The fraction of sp³-hybridized carbons (Fsp3) is 0.611. The number of nitrogens with two attached hydrogens (primary N) is 1. The summed E-state index contributed by atoms with van der Waals surface area (Å²) < 4.78 is 11.2. The van der Waals surface area contributed by atoms with Crippen molar-refractivity contribution in [1.82, 2.24) is 5.32 Å². The highest BCUT2D eigenvalue weighted by atomic mass is 35.5. The molecule has 0 aromatic heterocycles. The minimum Gasteiger partial charge on any atom is -0.496 e. The Balaban J connectivity index is 0.00000225. The molecule has 3 N–H and O–H groups in total. The number of anilines is 1. The Morgan fingerprint density at radius 3 is 2.68 bits per heavy atom. The van der Waals surface area contributed by atoms with E-state index in [0.29, 0.717) is 28.6 Å². The van der Waals surface area contributed by atoms with Crippen molar-refractivity contribution in [2.75, 3.05) is 19.5 Å². The van der Waals surface area contributed by atoms with Crippen molar-refractivity contribution >= 4 is 35.6 Å². The normalized spacial score (nSPS) is 23.6. The van der Waals surface area contributed by atoms with E-state index in [1.807, 2.05) is 6.92 Å². The first-order valence-corrected chi connectivity index (χ1v) is 8.95. The number of methoxy groups -OCH3 is 1. The Bertz CT molecular complexity index is 633. The molecule has 0 aliphatic heterocycles. The van der Waals surface area contributed by atoms with Gasteiger partial charge in [0.25, 0.3) is 5.91 Å². The summed E-state index contributed by atoms with van der Waals surface area (Å²) in [6.07, 6.45) is 5.75. The van der Waals surface area contributed by atoms with Crippen LogP contribution in [0.2, 0.25) is 5.02 Å². The molecule has 1 aromatic rings. The third kappa shape index (κ3) is 3.55. The summed E-state index contributed by atoms with van der Waals surface area (Å²) in [5.74, 6) is 0.274. The SMILES string of the molecule is CCOC1CC(NC(=O)c2cc(Cl)c(N)cc2OC)C12CCCC2.Cl. The molecule has 0 saturated heterocycles. The zero-order valence-electron chi connectivity index (χ0n) is 14.6. The summed E-state index contributed by atoms with van der Waals surface area (Å²) >= 11 is 6.08. The number of benzene rings is 1. The molecule has 0 radical (unpaired) electrons. The van der Waals surface area contributed by atoms with Gasteiger partial charge in [-0.3, -0.25) is 4.79 Å². The fourth-order valence-corrected chi connectivity index (χ4v) is 4.40. The lowest BCUT2D eigenvalue weighted by Crippen LogP contribution is -2.63. The van der Waals surface area contributed by atoms with E-state index in [9.17, 15) is 4.79 Å². The van der Waals surface area contributed by atoms with Crippen molar-refractivity contribution in [2.45, 2.75) is 51.2 Å². The predicted molar refractivity (Wildman–Crippen MR) is 102 cm³/mol. The van der Waals surface area contributed by atoms with Gasteiger partial charge in [0.15, 0.2) is 0 Å². The van der Waals surface area contributed by atoms with E-state index in [-0.39, 0.29) is 35.9 Å². The van der Waals surface area contributed by atoms with Crippen molar-refractivity contribution in [3.8, 4) is 5.75 Å². The van der Waals surface area contributed by atoms with Crippen LogP contribution >= 0.6 is 24.0 Å². The van der Waals surface area contributed by atoms with E-state index in [4.69, 9.17) is 26.8 Å². The van der Waals surface area contributed by atoms with E-state index in [1.54, 1.807) is 12.1 Å². The molecule has 2 atom stereocenters. The molecule has 1 amide bonds. The molecular weight excluding hydrogens is 363 g/mol. The van der Waals surface area contributed by atoms with Gasteiger partial charge < -0.3 is 20.5 Å². The highest BCUT2D eigenvalue weighted by Crippen LogP contribution is 2.54. The zero-order valence-corrected chi connectivity index (χ0v) is 16.2. The second kappa shape index (κ2) is 8.02. The van der Waals surface area contributed by atoms with Gasteiger partial charge in [-0.2, -0.15) is 0 Å². The van der Waals surface area contributed by atoms with Crippen LogP contribution < -0.4 is 15.8 Å². The largest absolute Gasteiger partial charge is 0.496 e. The molecule has 0 bridgehead atoms. The summed E-state index contributed by atoms with van der Waals surface area (Å²) in [5.41, 5.74) is 6.70. The molecule has 2 saturated carbocycles. The predicted octanol–water partition coefficient (Wildman–Crippen LogP) is 3.82. The lowest BCUT2D eigenvalue weighted by atomic mass is 9.60. The first kappa shape index (κ1) is 20.1. The second-order valence-corrected chi connectivity index (χ2v) is 7.13. The van der Waals surface area contributed by atoms with Gasteiger partial charge in [0.2, 0.25) is 0 Å². The maximum absolute atomic E-state index is 12.8. The fourth-order valence-electron chi connectivity index (χ4n) is 4.24. The smallest absolute Gasteiger partial charge is 0.255 e. The summed E-state index contributed by atoms with van der Waals surface area (Å²) in [4.78, 5) is 12.8. The van der Waals surface area contributed by atoms with Crippen LogP contribution in [-0.2, 0) is 4.74 Å². The average Bonchev–Trinajstić information content (AvgIpc) is 3.08. The number of amides is 1. The minimum absolute atomic E-state index is 0. The molecule has 7 heteroatoms. The van der Waals surface area contributed by atoms with Crippen LogP contribution in [0.4, 0.5) is 5.69 Å². The number of rotatable bonds is 5. The quantitative estimate of drug-likeness (QED) is 0.751. The number of halogens is 2. The van der Waals surface area contributed by atoms with Crippen LogP contribution in [0.5, 0.6) is 5.75 Å². The Morgan fingerprint density at radius 1 is 1.40 bits per heavy atom. The van der Waals surface area contributed by atoms with Gasteiger partial charge in [0.1, 0.15) is 5.75 Å². The molecule has 3 rings (SSSR count). The Kier molecular flexibility index (Phi) is 6.46. The van der Waals surface area contributed by atoms with Crippen molar-refractivity contribution in [2.24, 2.45) is 5.41 Å². The standard InChI is InChI=1S/C18H25ClN2O3.ClH/c1-3-24-16-10-15(18(16)6-4-5-7-18)21-17(22)11-8-12(19)13(20)9-14(11)23-2;/h8-9,15-16H,3-7,10,20H2,1-2H3,(H,21,22);1H. The molecule has 25 heavy (non-hydrogen) atoms. The number of hydrogen-bond donors (Lipinski definition) is 2. The number of carbonyl (C=O) groups is 1. The lowest BCUT2D eigenvalue weighted by Gasteiger charge is -2.54. The summed E-state index contributed by atoms with van der Waals surface area (Å²) in [5, 5.41) is 3.54. The van der Waals surface area contributed by atoms with Crippen LogP contribution in [0.25, 0.3) is 0 Å². The third-order valence-corrected chi connectivity index (χ3v) is 5.88. The summed E-state index contributed by atoms with van der Waals surface area (Å²) in [6, 6.07) is 3.31. The lowest BCUT2D eigenvalue weighted by molar-refractivity contribution is -0.127. The molecule has 1 spiro atoms. The first-order chi connectivity index (χ1) is 11.5. The number of nitrogen functional groups attached to an aromatic ring is 1. The molecule has 0 heterocycles. The molecule has 1 aromatic carbocycles. The highest BCUT2D eigenvalue weighted by Gasteiger charge is 2.57. The minimum atomic E-state index is -0.167. The van der Waals surface area contributed by atoms with Crippen LogP contribution in [0, 0.1) is 5.41 Å². The Labute approximate surface area is 160 Å².